The number of aliphatic carboxylic acids is 1. The molecule has 0 fully saturated rings. The fraction of sp³-hybridized carbons (Fsp3) is 0.769. The molecule has 0 rings (SSSR count). The average molecular weight is 615 g/mol. The summed E-state index contributed by atoms with van der Waals surface area (Å²) in [5, 5.41) is 17.2. The van der Waals surface area contributed by atoms with Crippen LogP contribution in [0.3, 0.4) is 0 Å². The van der Waals surface area contributed by atoms with E-state index in [1.165, 1.54) is 13.8 Å². The third-order valence-electron chi connectivity index (χ3n) is 5.50. The number of azide groups is 2. The molecule has 244 valence electrons. The topological polar surface area (TPSA) is 277 Å². The number of Topliss-reactive ketones (excluding diaryl/α,β-unsaturated/α-hetero) is 4. The minimum absolute atomic E-state index is 0.0176. The number of nitrogens with one attached hydrogen (secondary N) is 1. The van der Waals surface area contributed by atoms with Gasteiger partial charge in [-0.3, -0.25) is 28.8 Å². The number of carbonyl (C=O) groups is 6. The molecule has 0 aromatic heterocycles. The second-order valence-corrected chi connectivity index (χ2v) is 9.47. The molecule has 0 spiro atoms. The van der Waals surface area contributed by atoms with Crippen LogP contribution in [0.4, 0.5) is 0 Å². The first-order valence-corrected chi connectivity index (χ1v) is 13.6. The molecule has 17 heteroatoms. The molecular formula is C26H46N8O9. The summed E-state index contributed by atoms with van der Waals surface area (Å²) in [6, 6.07) is -1.07. The number of carbonyl (C=O) groups excluding carboxylic acids is 5. The third kappa shape index (κ3) is 30.9. The molecule has 0 aromatic carbocycles. The van der Waals surface area contributed by atoms with Crippen molar-refractivity contribution in [3.05, 3.63) is 20.9 Å². The summed E-state index contributed by atoms with van der Waals surface area (Å²) in [5.74, 6) is -1.93. The summed E-state index contributed by atoms with van der Waals surface area (Å²) in [6.45, 7) is 10.9. The van der Waals surface area contributed by atoms with Gasteiger partial charge in [0.15, 0.2) is 5.78 Å². The van der Waals surface area contributed by atoms with E-state index < -0.39 is 18.1 Å². The number of ether oxygens (including phenoxy) is 2. The number of hydrogen-bond donors (Lipinski definition) is 3. The van der Waals surface area contributed by atoms with E-state index in [0.29, 0.717) is 0 Å². The van der Waals surface area contributed by atoms with Gasteiger partial charge in [0.2, 0.25) is 5.91 Å². The first kappa shape index (κ1) is 43.6. The van der Waals surface area contributed by atoms with E-state index in [4.69, 9.17) is 31.4 Å². The lowest BCUT2D eigenvalue weighted by Gasteiger charge is -2.14. The number of carboxylic acids is 1. The van der Waals surface area contributed by atoms with E-state index in [0.717, 1.165) is 0 Å². The van der Waals surface area contributed by atoms with Crippen LogP contribution in [-0.2, 0) is 38.2 Å². The van der Waals surface area contributed by atoms with Crippen molar-refractivity contribution < 1.29 is 43.3 Å². The Bertz CT molecular complexity index is 974. The van der Waals surface area contributed by atoms with Gasteiger partial charge in [0, 0.05) is 54.0 Å². The zero-order valence-electron chi connectivity index (χ0n) is 25.9. The number of ketones is 4. The van der Waals surface area contributed by atoms with E-state index in [1.54, 1.807) is 27.7 Å². The first-order chi connectivity index (χ1) is 20.1. The summed E-state index contributed by atoms with van der Waals surface area (Å²) in [4.78, 5) is 71.1. The molecule has 0 aliphatic heterocycles. The van der Waals surface area contributed by atoms with Gasteiger partial charge in [-0.2, -0.15) is 0 Å². The average Bonchev–Trinajstić information content (AvgIpc) is 2.92. The quantitative estimate of drug-likeness (QED) is 0.0735. The molecule has 4 unspecified atom stereocenters. The molecule has 4 atom stereocenters. The summed E-state index contributed by atoms with van der Waals surface area (Å²) < 4.78 is 9.89. The molecule has 0 aliphatic carbocycles. The molecule has 0 radical (unpaired) electrons. The van der Waals surface area contributed by atoms with Gasteiger partial charge >= 0.3 is 5.97 Å². The van der Waals surface area contributed by atoms with Crippen LogP contribution in [0.25, 0.3) is 20.9 Å². The molecule has 17 nitrogen and oxygen atoms in total. The highest BCUT2D eigenvalue weighted by Gasteiger charge is 2.20. The van der Waals surface area contributed by atoms with Gasteiger partial charge in [-0.15, -0.1) is 0 Å². The molecule has 4 N–H and O–H groups in total. The molecule has 0 bridgehead atoms. The Kier molecular flexibility index (Phi) is 28.6. The zero-order chi connectivity index (χ0) is 33.8. The van der Waals surface area contributed by atoms with E-state index in [2.05, 4.69) is 25.4 Å². The zero-order valence-corrected chi connectivity index (χ0v) is 25.9. The van der Waals surface area contributed by atoms with Crippen molar-refractivity contribution >= 4 is 35.0 Å². The number of nitrogens with two attached hydrogens (primary N) is 1. The van der Waals surface area contributed by atoms with Crippen LogP contribution < -0.4 is 11.1 Å². The summed E-state index contributed by atoms with van der Waals surface area (Å²) in [6.07, 6.45) is 0.499. The van der Waals surface area contributed by atoms with Crippen molar-refractivity contribution in [2.24, 2.45) is 27.8 Å². The van der Waals surface area contributed by atoms with Gasteiger partial charge in [0.1, 0.15) is 17.3 Å². The molecule has 0 saturated heterocycles. The molecule has 43 heavy (non-hydrogen) atoms. The Morgan fingerprint density at radius 3 is 1.56 bits per heavy atom. The number of hydrogen-bond acceptors (Lipinski definition) is 11. The van der Waals surface area contributed by atoms with Crippen molar-refractivity contribution in [1.29, 1.82) is 0 Å². The van der Waals surface area contributed by atoms with Crippen LogP contribution in [0.5, 0.6) is 0 Å². The Hall–Kier alpha value is -3.88. The number of amides is 1. The number of carboxylic acid groups (broad SMARTS) is 1. The van der Waals surface area contributed by atoms with Gasteiger partial charge in [-0.05, 0) is 38.8 Å². The molecule has 1 amide bonds. The lowest BCUT2D eigenvalue weighted by molar-refractivity contribution is -0.138. The summed E-state index contributed by atoms with van der Waals surface area (Å²) >= 11 is 0. The van der Waals surface area contributed by atoms with Crippen LogP contribution in [0.2, 0.25) is 0 Å². The maximum Gasteiger partial charge on any atom is 0.305 e. The standard InChI is InChI=1S/C13H22N4O4.C8H15NO2.C5H9N3O3/c1-9(11(3)18)8-12(19)10(2)16-13(20)4-6-21-7-5-15-17-14;1-5(7(3)10)4-8(11)6(2)9;6-8-7-2-4-11-3-1-5(9)10/h9-10H,4-8H2,1-3H3,(H,16,20);5-6H,4,9H2,1-3H3;1-4H2,(H,9,10). The predicted octanol–water partition coefficient (Wildman–Crippen LogP) is 2.70. The lowest BCUT2D eigenvalue weighted by Crippen LogP contribution is -2.39. The minimum Gasteiger partial charge on any atom is -0.481 e. The highest BCUT2D eigenvalue weighted by molar-refractivity contribution is 5.92. The Balaban J connectivity index is -0.000000614. The van der Waals surface area contributed by atoms with Crippen molar-refractivity contribution in [2.45, 2.75) is 79.3 Å². The fourth-order valence-electron chi connectivity index (χ4n) is 2.48. The normalized spacial score (nSPS) is 12.5. The molecule has 0 aromatic rings. The Morgan fingerprint density at radius 1 is 0.767 bits per heavy atom. The van der Waals surface area contributed by atoms with Gasteiger partial charge in [-0.1, -0.05) is 24.1 Å². The maximum absolute atomic E-state index is 11.8. The Labute approximate surface area is 251 Å². The van der Waals surface area contributed by atoms with E-state index >= 15 is 0 Å². The smallest absolute Gasteiger partial charge is 0.305 e. The second kappa shape index (κ2) is 28.2. The van der Waals surface area contributed by atoms with Crippen LogP contribution >= 0.6 is 0 Å². The van der Waals surface area contributed by atoms with Crippen molar-refractivity contribution in [1.82, 2.24) is 5.32 Å². The monoisotopic (exact) mass is 614 g/mol. The lowest BCUT2D eigenvalue weighted by atomic mass is 9.98. The third-order valence-corrected chi connectivity index (χ3v) is 5.50. The minimum atomic E-state index is -0.895. The van der Waals surface area contributed by atoms with Gasteiger partial charge in [-0.25, -0.2) is 0 Å². The van der Waals surface area contributed by atoms with Crippen molar-refractivity contribution in [3.63, 3.8) is 0 Å². The highest BCUT2D eigenvalue weighted by Crippen LogP contribution is 2.06. The van der Waals surface area contributed by atoms with Crippen LogP contribution in [-0.4, -0.2) is 91.7 Å². The van der Waals surface area contributed by atoms with Gasteiger partial charge < -0.3 is 25.6 Å². The maximum atomic E-state index is 11.8. The molecular weight excluding hydrogens is 568 g/mol. The van der Waals surface area contributed by atoms with E-state index in [1.807, 2.05) is 0 Å². The molecule has 0 heterocycles. The van der Waals surface area contributed by atoms with E-state index in [-0.39, 0.29) is 106 Å². The molecule has 0 aliphatic rings. The highest BCUT2D eigenvalue weighted by atomic mass is 16.5. The predicted molar refractivity (Wildman–Crippen MR) is 157 cm³/mol. The van der Waals surface area contributed by atoms with Gasteiger partial charge in [0.05, 0.1) is 44.9 Å². The van der Waals surface area contributed by atoms with Gasteiger partial charge in [0.25, 0.3) is 0 Å². The fourth-order valence-corrected chi connectivity index (χ4v) is 2.48. The van der Waals surface area contributed by atoms with Crippen LogP contribution in [0, 0.1) is 11.8 Å². The van der Waals surface area contributed by atoms with Crippen molar-refractivity contribution in [3.8, 4) is 0 Å². The van der Waals surface area contributed by atoms with Crippen LogP contribution in [0.1, 0.15) is 67.2 Å². The SMILES string of the molecule is CC(=O)C(C)CC(=O)C(C)N.CC(=O)C(C)CC(=O)C(C)NC(=O)CCOCCN=[N+]=[N-].[N-]=[N+]=NCCOCCC(=O)O. The largest absolute Gasteiger partial charge is 0.481 e. The van der Waals surface area contributed by atoms with E-state index in [9.17, 15) is 28.8 Å². The van der Waals surface area contributed by atoms with Crippen LogP contribution in [0.15, 0.2) is 10.2 Å². The number of nitrogens with zero attached hydrogens (tertiary/aromatic N) is 6. The van der Waals surface area contributed by atoms with Crippen molar-refractivity contribution in [2.75, 3.05) is 39.5 Å². The first-order valence-electron chi connectivity index (χ1n) is 13.6. The summed E-state index contributed by atoms with van der Waals surface area (Å²) in [5.41, 5.74) is 21.2. The summed E-state index contributed by atoms with van der Waals surface area (Å²) in [7, 11) is 0. The number of rotatable bonds is 21. The second-order valence-electron chi connectivity index (χ2n) is 9.47. The molecule has 0 saturated carbocycles. The Morgan fingerprint density at radius 2 is 1.19 bits per heavy atom.